The van der Waals surface area contributed by atoms with Gasteiger partial charge in [0.1, 0.15) is 102 Å². The molecule has 452 valence electrons. The molecule has 0 bridgehead atoms. The van der Waals surface area contributed by atoms with Crippen LogP contribution in [0.3, 0.4) is 0 Å². The molecule has 1 aliphatic heterocycles. The molecule has 21 nitrogen and oxygen atoms in total. The maximum absolute atomic E-state index is 15.2. The number of carboxylic acids is 2. The highest BCUT2D eigenvalue weighted by Gasteiger charge is 2.71. The molecule has 5 aromatic rings. The van der Waals surface area contributed by atoms with Gasteiger partial charge in [-0.2, -0.15) is 0 Å². The minimum absolute atomic E-state index is 0.00340. The van der Waals surface area contributed by atoms with Crippen LogP contribution in [0.25, 0.3) is 0 Å². The molecule has 5 aromatic carbocycles. The van der Waals surface area contributed by atoms with Crippen LogP contribution in [-0.2, 0) is 16.0 Å². The number of benzene rings is 5. The second kappa shape index (κ2) is 22.2. The number of hydrogen-bond acceptors (Lipinski definition) is 19. The van der Waals surface area contributed by atoms with Crippen molar-refractivity contribution in [2.45, 2.75) is 136 Å². The topological polar surface area (TPSA) is 304 Å². The van der Waals surface area contributed by atoms with E-state index in [1.807, 2.05) is 0 Å². The predicted molar refractivity (Wildman–Crippen MR) is 307 cm³/mol. The SMILES string of the molecule is COc1c(C)c(OC(=O)c2c(C)c(C)c(OC(=O)C3=C(C)[C@@](C)(O)[C@]4(O)Oc5c(C)c(O)c(C(=O)Oc6c(C)c(C)c(C(=O)Oc7c(C)c(C)c(C(=O)O)c(OC)c7C)c(OC)c6C)c(C)c5C[C@]4(C)C3=O)c(C)c2OC)c(C)c(C)c1C(=O)O. The number of carbonyl (C=O) groups excluding carboxylic acids is 5. The van der Waals surface area contributed by atoms with Crippen LogP contribution in [0.15, 0.2) is 11.1 Å². The number of carbonyl (C=O) groups is 7. The zero-order chi connectivity index (χ0) is 64.1. The molecule has 0 fully saturated rings. The Balaban J connectivity index is 1.23. The van der Waals surface area contributed by atoms with Crippen LogP contribution in [0.1, 0.15) is 156 Å². The second-order valence-corrected chi connectivity index (χ2v) is 22.1. The Morgan fingerprint density at radius 3 is 1.05 bits per heavy atom. The summed E-state index contributed by atoms with van der Waals surface area (Å²) in [5.41, 5.74) is -2.99. The van der Waals surface area contributed by atoms with Crippen LogP contribution in [0.5, 0.6) is 57.5 Å². The van der Waals surface area contributed by atoms with Crippen LogP contribution >= 0.6 is 0 Å². The highest BCUT2D eigenvalue weighted by Crippen LogP contribution is 2.58. The van der Waals surface area contributed by atoms with Crippen LogP contribution in [0, 0.1) is 102 Å². The zero-order valence-electron chi connectivity index (χ0n) is 51.5. The number of methoxy groups -OCH3 is 4. The van der Waals surface area contributed by atoms with Crippen molar-refractivity contribution in [3.63, 3.8) is 0 Å². The Labute approximate surface area is 490 Å². The molecule has 2 aliphatic rings. The lowest BCUT2D eigenvalue weighted by molar-refractivity contribution is -0.297. The van der Waals surface area contributed by atoms with Gasteiger partial charge < -0.3 is 68.2 Å². The number of aliphatic hydroxyl groups is 2. The summed E-state index contributed by atoms with van der Waals surface area (Å²) in [7, 11) is 5.19. The van der Waals surface area contributed by atoms with Crippen molar-refractivity contribution in [3.05, 3.63) is 122 Å². The van der Waals surface area contributed by atoms with Gasteiger partial charge in [0.15, 0.2) is 5.78 Å². The van der Waals surface area contributed by atoms with Gasteiger partial charge in [0.25, 0.3) is 5.79 Å². The number of Topliss-reactive ketones (excluding diaryl/α,β-unsaturated/α-hetero) is 1. The number of fused-ring (bicyclic) bond motifs is 2. The Hall–Kier alpha value is -8.95. The van der Waals surface area contributed by atoms with Crippen LogP contribution in [0.2, 0.25) is 0 Å². The third-order valence-electron chi connectivity index (χ3n) is 17.6. The Morgan fingerprint density at radius 2 is 0.718 bits per heavy atom. The van der Waals surface area contributed by atoms with Crippen molar-refractivity contribution in [2.24, 2.45) is 5.41 Å². The summed E-state index contributed by atoms with van der Waals surface area (Å²) >= 11 is 0. The van der Waals surface area contributed by atoms with E-state index in [0.717, 1.165) is 6.92 Å². The quantitative estimate of drug-likeness (QED) is 0.0392. The molecular formula is C64H70O21. The van der Waals surface area contributed by atoms with Crippen molar-refractivity contribution in [2.75, 3.05) is 28.4 Å². The fourth-order valence-corrected chi connectivity index (χ4v) is 12.0. The molecule has 0 radical (unpaired) electrons. The summed E-state index contributed by atoms with van der Waals surface area (Å²) < 4.78 is 52.7. The number of aromatic hydroxyl groups is 1. The van der Waals surface area contributed by atoms with E-state index in [1.54, 1.807) is 69.2 Å². The molecule has 7 rings (SSSR count). The standard InChI is InChI=1S/C64H70O21/c1-23-27(5)46(33(11)51(77-18)40(23)56(67)68)82-59(72)42-25(3)29(7)48(35(13)53(42)79-20)81-58(71)39-31(9)38-22-62(16)55(66)44(37(15)63(17,75)64(62,76)85-50(38)32(10)45(39)65)61(74)84-49-30(8)26(4)43(54(80-21)36(49)14)60(73)83-47-28(6)24(2)41(57(69)70)52(78-19)34(47)12/h65,75-76H,22H2,1-21H3,(H,67,68)(H,69,70)/t62-,63-,64-/m1/s1. The molecule has 0 saturated heterocycles. The first kappa shape index (κ1) is 63.6. The van der Waals surface area contributed by atoms with Gasteiger partial charge in [-0.15, -0.1) is 0 Å². The fourth-order valence-electron chi connectivity index (χ4n) is 12.0. The first-order valence-corrected chi connectivity index (χ1v) is 26.7. The maximum Gasteiger partial charge on any atom is 0.347 e. The summed E-state index contributed by atoms with van der Waals surface area (Å²) in [6.07, 6.45) is -0.485. The van der Waals surface area contributed by atoms with Gasteiger partial charge in [0, 0.05) is 27.8 Å². The molecule has 5 N–H and O–H groups in total. The number of hydrogen-bond donors (Lipinski definition) is 5. The third-order valence-corrected chi connectivity index (χ3v) is 17.6. The Morgan fingerprint density at radius 1 is 0.412 bits per heavy atom. The Kier molecular flexibility index (Phi) is 16.6. The third kappa shape index (κ3) is 9.34. The first-order chi connectivity index (χ1) is 39.4. The van der Waals surface area contributed by atoms with Crippen molar-refractivity contribution in [1.29, 1.82) is 0 Å². The zero-order valence-corrected chi connectivity index (χ0v) is 51.5. The summed E-state index contributed by atoms with van der Waals surface area (Å²) in [5, 5.41) is 56.9. The van der Waals surface area contributed by atoms with Crippen molar-refractivity contribution in [3.8, 4) is 57.5 Å². The van der Waals surface area contributed by atoms with Gasteiger partial charge in [-0.25, -0.2) is 28.8 Å². The minimum atomic E-state index is -2.82. The summed E-state index contributed by atoms with van der Waals surface area (Å²) in [6.45, 7) is 25.3. The molecule has 0 saturated carbocycles. The van der Waals surface area contributed by atoms with Gasteiger partial charge in [0.2, 0.25) is 0 Å². The van der Waals surface area contributed by atoms with Crippen molar-refractivity contribution >= 4 is 41.6 Å². The molecule has 1 aliphatic carbocycles. The molecule has 0 amide bonds. The monoisotopic (exact) mass is 1170 g/mol. The van der Waals surface area contributed by atoms with E-state index in [1.165, 1.54) is 70.0 Å². The largest absolute Gasteiger partial charge is 0.507 e. The molecule has 3 atom stereocenters. The number of rotatable bonds is 14. The lowest BCUT2D eigenvalue weighted by Gasteiger charge is -2.56. The molecule has 0 unspecified atom stereocenters. The molecule has 85 heavy (non-hydrogen) atoms. The molecule has 1 heterocycles. The average molecular weight is 1180 g/mol. The molecule has 0 spiro atoms. The van der Waals surface area contributed by atoms with Gasteiger partial charge in [-0.05, 0) is 185 Å². The maximum atomic E-state index is 15.2. The van der Waals surface area contributed by atoms with E-state index in [-0.39, 0.29) is 141 Å². The molecule has 21 heteroatoms. The van der Waals surface area contributed by atoms with E-state index in [9.17, 15) is 54.3 Å². The smallest absolute Gasteiger partial charge is 0.347 e. The minimum Gasteiger partial charge on any atom is -0.507 e. The highest BCUT2D eigenvalue weighted by atomic mass is 16.6. The Bertz CT molecular complexity index is 3890. The number of phenolic OH excluding ortho intramolecular Hbond substituents is 1. The van der Waals surface area contributed by atoms with E-state index < -0.39 is 76.1 Å². The normalized spacial score (nSPS) is 17.9. The average Bonchev–Trinajstić information content (AvgIpc) is 0.694. The number of carboxylic acid groups (broad SMARTS) is 2. The summed E-state index contributed by atoms with van der Waals surface area (Å²) in [4.78, 5) is 97.4. The lowest BCUT2D eigenvalue weighted by atomic mass is 9.57. The number of ether oxygens (including phenoxy) is 9. The summed E-state index contributed by atoms with van der Waals surface area (Å²) in [5.74, 6) is -11.3. The van der Waals surface area contributed by atoms with E-state index in [4.69, 9.17) is 42.6 Å². The first-order valence-electron chi connectivity index (χ1n) is 26.7. The van der Waals surface area contributed by atoms with Crippen molar-refractivity contribution in [1.82, 2.24) is 0 Å². The van der Waals surface area contributed by atoms with Crippen LogP contribution in [0.4, 0.5) is 0 Å². The highest BCUT2D eigenvalue weighted by molar-refractivity contribution is 6.22. The summed E-state index contributed by atoms with van der Waals surface area (Å²) in [6, 6.07) is 0. The fraction of sp³-hybridized carbons (Fsp3) is 0.391. The van der Waals surface area contributed by atoms with Gasteiger partial charge in [0.05, 0.1) is 28.4 Å². The number of aromatic carboxylic acids is 2. The molecular weight excluding hydrogens is 1100 g/mol. The number of ketones is 1. The van der Waals surface area contributed by atoms with Crippen LogP contribution < -0.4 is 42.6 Å². The van der Waals surface area contributed by atoms with E-state index in [2.05, 4.69) is 0 Å². The van der Waals surface area contributed by atoms with Gasteiger partial charge in [-0.1, -0.05) is 0 Å². The van der Waals surface area contributed by atoms with Gasteiger partial charge in [-0.3, -0.25) is 4.79 Å². The number of phenols is 1. The van der Waals surface area contributed by atoms with Crippen molar-refractivity contribution < 1.29 is 102 Å². The van der Waals surface area contributed by atoms with Gasteiger partial charge >= 0.3 is 35.8 Å². The lowest BCUT2D eigenvalue weighted by Crippen LogP contribution is -2.73. The van der Waals surface area contributed by atoms with E-state index in [0.29, 0.717) is 27.8 Å². The predicted octanol–water partition coefficient (Wildman–Crippen LogP) is 9.68. The second-order valence-electron chi connectivity index (χ2n) is 22.1. The van der Waals surface area contributed by atoms with Crippen LogP contribution in [-0.4, -0.2) is 107 Å². The van der Waals surface area contributed by atoms with E-state index >= 15 is 4.79 Å². The number of esters is 4. The molecule has 0 aromatic heterocycles.